The molecule has 1 aromatic rings. The zero-order chi connectivity index (χ0) is 14.1. The number of hydrogen-bond acceptors (Lipinski definition) is 4. The molecular weight excluding hydrogens is 256 g/mol. The van der Waals surface area contributed by atoms with Crippen LogP contribution < -0.4 is 4.90 Å². The minimum Gasteiger partial charge on any atom is -0.508 e. The number of benzene rings is 1. The van der Waals surface area contributed by atoms with Gasteiger partial charge >= 0.3 is 0 Å². The van der Waals surface area contributed by atoms with Crippen molar-refractivity contribution in [1.29, 1.82) is 0 Å². The SMILES string of the molecule is O=C1C=CC(=O)N1C1CCN(c2cccc(O)c2)CC1. The number of aromatic hydroxyl groups is 1. The number of carbonyl (C=O) groups is 2. The van der Waals surface area contributed by atoms with Gasteiger partial charge in [-0.05, 0) is 25.0 Å². The van der Waals surface area contributed by atoms with Crippen molar-refractivity contribution in [2.24, 2.45) is 0 Å². The summed E-state index contributed by atoms with van der Waals surface area (Å²) in [5, 5.41) is 9.51. The van der Waals surface area contributed by atoms with E-state index in [4.69, 9.17) is 0 Å². The van der Waals surface area contributed by atoms with Gasteiger partial charge < -0.3 is 10.0 Å². The number of nitrogens with zero attached hydrogens (tertiary/aromatic N) is 2. The van der Waals surface area contributed by atoms with Crippen molar-refractivity contribution < 1.29 is 14.7 Å². The van der Waals surface area contributed by atoms with Crippen LogP contribution in [0.15, 0.2) is 36.4 Å². The van der Waals surface area contributed by atoms with Crippen LogP contribution in [0.3, 0.4) is 0 Å². The van der Waals surface area contributed by atoms with Crippen LogP contribution in [0.2, 0.25) is 0 Å². The van der Waals surface area contributed by atoms with E-state index in [1.807, 2.05) is 12.1 Å². The molecule has 0 aromatic heterocycles. The molecule has 5 heteroatoms. The first-order chi connectivity index (χ1) is 9.65. The van der Waals surface area contributed by atoms with E-state index in [9.17, 15) is 14.7 Å². The van der Waals surface area contributed by atoms with E-state index in [0.717, 1.165) is 31.6 Å². The average Bonchev–Trinajstić information content (AvgIpc) is 2.78. The summed E-state index contributed by atoms with van der Waals surface area (Å²) in [6.45, 7) is 1.54. The van der Waals surface area contributed by atoms with E-state index in [1.165, 1.54) is 17.1 Å². The number of hydrogen-bond donors (Lipinski definition) is 1. The summed E-state index contributed by atoms with van der Waals surface area (Å²) >= 11 is 0. The van der Waals surface area contributed by atoms with Gasteiger partial charge in [0.15, 0.2) is 0 Å². The van der Waals surface area contributed by atoms with Gasteiger partial charge in [0, 0.05) is 43.0 Å². The zero-order valence-electron chi connectivity index (χ0n) is 11.0. The molecule has 1 saturated heterocycles. The number of amides is 2. The van der Waals surface area contributed by atoms with Crippen LogP contribution in [-0.2, 0) is 9.59 Å². The summed E-state index contributed by atoms with van der Waals surface area (Å²) < 4.78 is 0. The molecule has 0 saturated carbocycles. The predicted octanol–water partition coefficient (Wildman–Crippen LogP) is 1.29. The van der Waals surface area contributed by atoms with Crippen molar-refractivity contribution in [3.8, 4) is 5.75 Å². The first kappa shape index (κ1) is 12.7. The molecule has 3 rings (SSSR count). The second kappa shape index (κ2) is 5.00. The standard InChI is InChI=1S/C15H16N2O3/c18-13-3-1-2-12(10-13)16-8-6-11(7-9-16)17-14(19)4-5-15(17)20/h1-5,10-11,18H,6-9H2. The Balaban J connectivity index is 1.65. The van der Waals surface area contributed by atoms with Gasteiger partial charge in [-0.1, -0.05) is 6.07 Å². The molecule has 2 aliphatic rings. The largest absolute Gasteiger partial charge is 0.508 e. The number of imide groups is 1. The number of carbonyl (C=O) groups excluding carboxylic acids is 2. The maximum absolute atomic E-state index is 11.7. The van der Waals surface area contributed by atoms with Gasteiger partial charge in [0.05, 0.1) is 0 Å². The Morgan fingerprint density at radius 3 is 2.30 bits per heavy atom. The Morgan fingerprint density at radius 2 is 1.70 bits per heavy atom. The normalized spacial score (nSPS) is 20.0. The van der Waals surface area contributed by atoms with Crippen molar-refractivity contribution in [3.63, 3.8) is 0 Å². The van der Waals surface area contributed by atoms with Crippen LogP contribution in [0, 0.1) is 0 Å². The minimum atomic E-state index is -0.203. The third kappa shape index (κ3) is 2.27. The topological polar surface area (TPSA) is 60.9 Å². The van der Waals surface area contributed by atoms with Gasteiger partial charge in [-0.25, -0.2) is 0 Å². The highest BCUT2D eigenvalue weighted by atomic mass is 16.3. The van der Waals surface area contributed by atoms with Crippen molar-refractivity contribution in [2.45, 2.75) is 18.9 Å². The van der Waals surface area contributed by atoms with Crippen molar-refractivity contribution >= 4 is 17.5 Å². The highest BCUT2D eigenvalue weighted by molar-refractivity contribution is 6.13. The fraction of sp³-hybridized carbons (Fsp3) is 0.333. The molecule has 0 bridgehead atoms. The van der Waals surface area contributed by atoms with E-state index in [2.05, 4.69) is 4.90 Å². The van der Waals surface area contributed by atoms with Gasteiger partial charge in [-0.2, -0.15) is 0 Å². The molecule has 2 amide bonds. The number of rotatable bonds is 2. The lowest BCUT2D eigenvalue weighted by Gasteiger charge is -2.36. The molecule has 0 aliphatic carbocycles. The van der Waals surface area contributed by atoms with Gasteiger partial charge in [0.2, 0.25) is 0 Å². The maximum atomic E-state index is 11.7. The maximum Gasteiger partial charge on any atom is 0.253 e. The zero-order valence-corrected chi connectivity index (χ0v) is 11.0. The van der Waals surface area contributed by atoms with Gasteiger partial charge in [0.1, 0.15) is 5.75 Å². The molecule has 0 spiro atoms. The molecule has 2 aliphatic heterocycles. The third-order valence-electron chi connectivity index (χ3n) is 3.87. The van der Waals surface area contributed by atoms with E-state index in [-0.39, 0.29) is 23.6 Å². The van der Waals surface area contributed by atoms with Crippen molar-refractivity contribution in [1.82, 2.24) is 4.90 Å². The Hall–Kier alpha value is -2.30. The molecule has 20 heavy (non-hydrogen) atoms. The summed E-state index contributed by atoms with van der Waals surface area (Å²) in [6, 6.07) is 7.12. The highest BCUT2D eigenvalue weighted by Crippen LogP contribution is 2.26. The molecule has 0 radical (unpaired) electrons. The van der Waals surface area contributed by atoms with E-state index in [1.54, 1.807) is 12.1 Å². The van der Waals surface area contributed by atoms with Crippen LogP contribution in [0.4, 0.5) is 5.69 Å². The second-order valence-electron chi connectivity index (χ2n) is 5.12. The van der Waals surface area contributed by atoms with Gasteiger partial charge in [-0.3, -0.25) is 14.5 Å². The fourth-order valence-corrected chi connectivity index (χ4v) is 2.84. The summed E-state index contributed by atoms with van der Waals surface area (Å²) in [5.41, 5.74) is 0.973. The first-order valence-corrected chi connectivity index (χ1v) is 6.74. The Labute approximate surface area is 117 Å². The quantitative estimate of drug-likeness (QED) is 0.824. The fourth-order valence-electron chi connectivity index (χ4n) is 2.84. The van der Waals surface area contributed by atoms with E-state index >= 15 is 0 Å². The van der Waals surface area contributed by atoms with Crippen molar-refractivity contribution in [2.75, 3.05) is 18.0 Å². The predicted molar refractivity (Wildman–Crippen MR) is 74.3 cm³/mol. The number of phenols is 1. The molecule has 0 unspecified atom stereocenters. The lowest BCUT2D eigenvalue weighted by molar-refractivity contribution is -0.139. The lowest BCUT2D eigenvalue weighted by atomic mass is 10.0. The highest BCUT2D eigenvalue weighted by Gasteiger charge is 2.33. The summed E-state index contributed by atoms with van der Waals surface area (Å²) in [5.74, 6) is -0.157. The van der Waals surface area contributed by atoms with Crippen LogP contribution in [-0.4, -0.2) is 41.0 Å². The Bertz CT molecular complexity index is 556. The lowest BCUT2D eigenvalue weighted by Crippen LogP contribution is -2.47. The van der Waals surface area contributed by atoms with Crippen LogP contribution in [0.5, 0.6) is 5.75 Å². The van der Waals surface area contributed by atoms with Gasteiger partial charge in [-0.15, -0.1) is 0 Å². The number of anilines is 1. The Morgan fingerprint density at radius 1 is 1.05 bits per heavy atom. The molecule has 0 atom stereocenters. The molecular formula is C15H16N2O3. The number of piperidine rings is 1. The monoisotopic (exact) mass is 272 g/mol. The molecule has 104 valence electrons. The number of phenolic OH excluding ortho intramolecular Hbond substituents is 1. The Kier molecular flexibility index (Phi) is 3.18. The van der Waals surface area contributed by atoms with Crippen LogP contribution >= 0.6 is 0 Å². The molecule has 1 fully saturated rings. The minimum absolute atomic E-state index is 0.0152. The smallest absolute Gasteiger partial charge is 0.253 e. The van der Waals surface area contributed by atoms with Crippen LogP contribution in [0.25, 0.3) is 0 Å². The summed E-state index contributed by atoms with van der Waals surface area (Å²) in [7, 11) is 0. The van der Waals surface area contributed by atoms with Gasteiger partial charge in [0.25, 0.3) is 11.8 Å². The molecule has 1 N–H and O–H groups in total. The molecule has 5 nitrogen and oxygen atoms in total. The summed E-state index contributed by atoms with van der Waals surface area (Å²) in [6.07, 6.45) is 4.19. The van der Waals surface area contributed by atoms with Crippen LogP contribution in [0.1, 0.15) is 12.8 Å². The second-order valence-corrected chi connectivity index (χ2v) is 5.12. The molecule has 1 aromatic carbocycles. The third-order valence-corrected chi connectivity index (χ3v) is 3.87. The molecule has 2 heterocycles. The van der Waals surface area contributed by atoms with Crippen molar-refractivity contribution in [3.05, 3.63) is 36.4 Å². The van der Waals surface area contributed by atoms with E-state index in [0.29, 0.717) is 0 Å². The summed E-state index contributed by atoms with van der Waals surface area (Å²) in [4.78, 5) is 26.8. The first-order valence-electron chi connectivity index (χ1n) is 6.74. The average molecular weight is 272 g/mol. The van der Waals surface area contributed by atoms with E-state index < -0.39 is 0 Å².